The number of nitrogens with two attached hydrogens (primary N) is 1. The van der Waals surface area contributed by atoms with E-state index < -0.39 is 5.91 Å². The largest absolute Gasteiger partial charge is 0.491 e. The average Bonchev–Trinajstić information content (AvgIpc) is 3.18. The third kappa shape index (κ3) is 3.38. The second-order valence-electron chi connectivity index (χ2n) is 7.33. The highest BCUT2D eigenvalue weighted by Crippen LogP contribution is 2.35. The molecule has 9 nitrogen and oxygen atoms in total. The lowest BCUT2D eigenvalue weighted by Gasteiger charge is -2.23. The number of ether oxygens (including phenoxy) is 1. The minimum Gasteiger partial charge on any atom is -0.491 e. The topological polar surface area (TPSA) is 125 Å². The summed E-state index contributed by atoms with van der Waals surface area (Å²) < 4.78 is 9.28. The maximum atomic E-state index is 12.9. The van der Waals surface area contributed by atoms with Gasteiger partial charge in [0, 0.05) is 12.6 Å². The molecule has 3 N–H and O–H groups in total. The summed E-state index contributed by atoms with van der Waals surface area (Å²) in [5, 5.41) is 14.2. The molecule has 0 bridgehead atoms. The first-order valence-electron chi connectivity index (χ1n) is 9.51. The molecule has 1 atom stereocenters. The van der Waals surface area contributed by atoms with E-state index >= 15 is 0 Å². The quantitative estimate of drug-likeness (QED) is 0.625. The molecule has 2 aromatic heterocycles. The molecule has 1 aliphatic rings. The maximum Gasteiger partial charge on any atom is 0.248 e. The van der Waals surface area contributed by atoms with Gasteiger partial charge in [0.15, 0.2) is 5.78 Å². The van der Waals surface area contributed by atoms with Crippen molar-refractivity contribution in [3.8, 4) is 5.75 Å². The van der Waals surface area contributed by atoms with Crippen molar-refractivity contribution in [2.45, 2.75) is 32.2 Å². The number of benzene rings is 1. The molecule has 0 saturated carbocycles. The van der Waals surface area contributed by atoms with Gasteiger partial charge < -0.3 is 20.1 Å². The molecule has 3 heterocycles. The number of ketones is 1. The molecule has 4 rings (SSSR count). The lowest BCUT2D eigenvalue weighted by Crippen LogP contribution is -2.21. The summed E-state index contributed by atoms with van der Waals surface area (Å²) in [5.41, 5.74) is 8.17. The summed E-state index contributed by atoms with van der Waals surface area (Å²) in [7, 11) is 1.73. The number of aliphatic hydroxyl groups excluding tert-OH is 1. The predicted octanol–water partition coefficient (Wildman–Crippen LogP) is 1.31. The Morgan fingerprint density at radius 1 is 1.34 bits per heavy atom. The van der Waals surface area contributed by atoms with Crippen LogP contribution in [0.25, 0.3) is 11.0 Å². The van der Waals surface area contributed by atoms with Gasteiger partial charge in [-0.05, 0) is 38.0 Å². The molecule has 1 unspecified atom stereocenters. The minimum absolute atomic E-state index is 0.0372. The monoisotopic (exact) mass is 397 g/mol. The highest BCUT2D eigenvalue weighted by Gasteiger charge is 2.26. The number of carbonyl (C=O) groups is 2. The fraction of sp³-hybridized carbons (Fsp3) is 0.400. The number of aromatic nitrogens is 4. The van der Waals surface area contributed by atoms with Crippen LogP contribution in [0.1, 0.15) is 51.2 Å². The molecular formula is C20H23N5O4. The highest BCUT2D eigenvalue weighted by molar-refractivity contribution is 5.99. The standard InChI is InChI=1S/C20H23N5O4/c1-11-6-15(24(2)23-11)16(27)9-18-22-14-7-12(20(21)28)8-17-19(14)25(18)13(10-26)4-3-5-29-17/h6-8,13,26H,3-5,9-10H2,1-2H3,(H2,21,28). The summed E-state index contributed by atoms with van der Waals surface area (Å²) in [6.07, 6.45) is 1.44. The third-order valence-electron chi connectivity index (χ3n) is 5.23. The Morgan fingerprint density at radius 3 is 2.79 bits per heavy atom. The predicted molar refractivity (Wildman–Crippen MR) is 105 cm³/mol. The molecule has 3 aromatic rings. The van der Waals surface area contributed by atoms with Crippen LogP contribution in [-0.4, -0.2) is 49.3 Å². The van der Waals surface area contributed by atoms with Crippen molar-refractivity contribution >= 4 is 22.7 Å². The molecule has 1 aromatic carbocycles. The van der Waals surface area contributed by atoms with E-state index in [2.05, 4.69) is 10.1 Å². The van der Waals surface area contributed by atoms with Crippen LogP contribution in [0.2, 0.25) is 0 Å². The van der Waals surface area contributed by atoms with E-state index in [1.807, 2.05) is 11.5 Å². The summed E-state index contributed by atoms with van der Waals surface area (Å²) in [6.45, 7) is 2.20. The number of primary amides is 1. The van der Waals surface area contributed by atoms with Crippen molar-refractivity contribution in [2.24, 2.45) is 12.8 Å². The number of Topliss-reactive ketones (excluding diaryl/α,β-unsaturated/α-hetero) is 1. The number of amides is 1. The van der Waals surface area contributed by atoms with Gasteiger partial charge >= 0.3 is 0 Å². The first-order valence-corrected chi connectivity index (χ1v) is 9.51. The lowest BCUT2D eigenvalue weighted by atomic mass is 10.1. The zero-order valence-corrected chi connectivity index (χ0v) is 16.4. The van der Waals surface area contributed by atoms with E-state index in [-0.39, 0.29) is 24.9 Å². The number of rotatable bonds is 5. The summed E-state index contributed by atoms with van der Waals surface area (Å²) >= 11 is 0. The Morgan fingerprint density at radius 2 is 2.14 bits per heavy atom. The van der Waals surface area contributed by atoms with Crippen molar-refractivity contribution in [1.29, 1.82) is 0 Å². The lowest BCUT2D eigenvalue weighted by molar-refractivity contribution is 0.0976. The van der Waals surface area contributed by atoms with Crippen LogP contribution in [0.5, 0.6) is 5.75 Å². The zero-order chi connectivity index (χ0) is 20.7. The van der Waals surface area contributed by atoms with Crippen LogP contribution in [0, 0.1) is 6.92 Å². The number of imidazole rings is 1. The number of hydrogen-bond acceptors (Lipinski definition) is 6. The van der Waals surface area contributed by atoms with Crippen LogP contribution in [0.4, 0.5) is 0 Å². The molecule has 0 radical (unpaired) electrons. The first-order chi connectivity index (χ1) is 13.9. The van der Waals surface area contributed by atoms with E-state index in [4.69, 9.17) is 10.5 Å². The molecule has 0 fully saturated rings. The summed E-state index contributed by atoms with van der Waals surface area (Å²) in [4.78, 5) is 29.3. The second-order valence-corrected chi connectivity index (χ2v) is 7.33. The minimum atomic E-state index is -0.579. The van der Waals surface area contributed by atoms with E-state index in [1.165, 1.54) is 0 Å². The van der Waals surface area contributed by atoms with Crippen molar-refractivity contribution in [3.63, 3.8) is 0 Å². The number of nitrogens with zero attached hydrogens (tertiary/aromatic N) is 4. The summed E-state index contributed by atoms with van der Waals surface area (Å²) in [6, 6.07) is 4.69. The number of carbonyl (C=O) groups excluding carboxylic acids is 2. The Kier molecular flexibility index (Phi) is 4.83. The second kappa shape index (κ2) is 7.32. The molecule has 152 valence electrons. The van der Waals surface area contributed by atoms with Gasteiger partial charge in [-0.2, -0.15) is 5.10 Å². The fourth-order valence-corrected chi connectivity index (χ4v) is 3.92. The number of aryl methyl sites for hydroxylation is 2. The Balaban J connectivity index is 1.87. The van der Waals surface area contributed by atoms with Crippen molar-refractivity contribution in [1.82, 2.24) is 19.3 Å². The smallest absolute Gasteiger partial charge is 0.248 e. The van der Waals surface area contributed by atoms with Gasteiger partial charge in [0.25, 0.3) is 0 Å². The fourth-order valence-electron chi connectivity index (χ4n) is 3.92. The number of aliphatic hydroxyl groups is 1. The van der Waals surface area contributed by atoms with E-state index in [9.17, 15) is 14.7 Å². The van der Waals surface area contributed by atoms with Crippen LogP contribution in [0.15, 0.2) is 18.2 Å². The highest BCUT2D eigenvalue weighted by atomic mass is 16.5. The molecule has 0 aliphatic carbocycles. The van der Waals surface area contributed by atoms with Gasteiger partial charge in [0.05, 0.1) is 36.9 Å². The normalized spacial score (nSPS) is 16.3. The van der Waals surface area contributed by atoms with Crippen LogP contribution in [-0.2, 0) is 13.5 Å². The molecule has 1 amide bonds. The third-order valence-corrected chi connectivity index (χ3v) is 5.23. The Hall–Kier alpha value is -3.20. The number of hydrogen-bond donors (Lipinski definition) is 2. The van der Waals surface area contributed by atoms with E-state index in [0.717, 1.165) is 12.1 Å². The molecule has 1 aliphatic heterocycles. The van der Waals surface area contributed by atoms with Crippen molar-refractivity contribution < 1.29 is 19.4 Å². The maximum absolute atomic E-state index is 12.9. The molecule has 9 heteroatoms. The first kappa shape index (κ1) is 19.1. The van der Waals surface area contributed by atoms with Gasteiger partial charge in [0.1, 0.15) is 22.8 Å². The zero-order valence-electron chi connectivity index (χ0n) is 16.4. The molecule has 29 heavy (non-hydrogen) atoms. The van der Waals surface area contributed by atoms with Crippen LogP contribution in [0.3, 0.4) is 0 Å². The van der Waals surface area contributed by atoms with Gasteiger partial charge in [-0.25, -0.2) is 4.98 Å². The average molecular weight is 397 g/mol. The Labute approximate surface area is 167 Å². The van der Waals surface area contributed by atoms with Crippen LogP contribution < -0.4 is 10.5 Å². The van der Waals surface area contributed by atoms with Gasteiger partial charge in [-0.15, -0.1) is 0 Å². The van der Waals surface area contributed by atoms with Gasteiger partial charge in [0.2, 0.25) is 5.91 Å². The van der Waals surface area contributed by atoms with Crippen molar-refractivity contribution in [2.75, 3.05) is 13.2 Å². The molecule has 0 spiro atoms. The van der Waals surface area contributed by atoms with Crippen LogP contribution >= 0.6 is 0 Å². The van der Waals surface area contributed by atoms with E-state index in [0.29, 0.717) is 46.9 Å². The van der Waals surface area contributed by atoms with Crippen molar-refractivity contribution in [3.05, 3.63) is 41.0 Å². The van der Waals surface area contributed by atoms with Gasteiger partial charge in [-0.3, -0.25) is 14.3 Å². The molecule has 0 saturated heterocycles. The SMILES string of the molecule is Cc1cc(C(=O)Cc2nc3cc(C(N)=O)cc4c3n2C(CO)CCCO4)n(C)n1. The summed E-state index contributed by atoms with van der Waals surface area (Å²) in [5.74, 6) is 0.286. The molecular weight excluding hydrogens is 374 g/mol. The van der Waals surface area contributed by atoms with Gasteiger partial charge in [-0.1, -0.05) is 0 Å². The van der Waals surface area contributed by atoms with E-state index in [1.54, 1.807) is 29.9 Å². The Bertz CT molecular complexity index is 1110.